The molecule has 0 aliphatic heterocycles. The standard InChI is InChI=1S/C23H39N3O4Si/c1-22(2,3)30-21(27)26(14-15-29-31(7,8)23(4,5)6)19-13-12-16-17(19)10-9-11-18(16)20(24)25-28/h9-11,19,28H,12-15H2,1-8H3,(H2,24,25)/t19-/m0/s1/i19D. The molecule has 0 saturated carbocycles. The van der Waals surface area contributed by atoms with Gasteiger partial charge in [-0.2, -0.15) is 0 Å². The molecule has 31 heavy (non-hydrogen) atoms. The number of amidine groups is 1. The van der Waals surface area contributed by atoms with Gasteiger partial charge in [0.1, 0.15) is 5.60 Å². The van der Waals surface area contributed by atoms with Crippen molar-refractivity contribution in [2.75, 3.05) is 13.2 Å². The first kappa shape index (κ1) is 23.6. The summed E-state index contributed by atoms with van der Waals surface area (Å²) in [6.07, 6.45) is 0.374. The maximum absolute atomic E-state index is 13.2. The van der Waals surface area contributed by atoms with Crippen LogP contribution >= 0.6 is 0 Å². The third-order valence-corrected chi connectivity index (χ3v) is 10.5. The Labute approximate surface area is 189 Å². The van der Waals surface area contributed by atoms with Gasteiger partial charge in [-0.3, -0.25) is 4.90 Å². The van der Waals surface area contributed by atoms with Gasteiger partial charge < -0.3 is 20.1 Å². The van der Waals surface area contributed by atoms with Crippen molar-refractivity contribution in [1.82, 2.24) is 4.90 Å². The van der Waals surface area contributed by atoms with Crippen molar-refractivity contribution in [2.24, 2.45) is 10.9 Å². The van der Waals surface area contributed by atoms with E-state index in [0.717, 1.165) is 5.56 Å². The predicted molar refractivity (Wildman–Crippen MR) is 126 cm³/mol. The van der Waals surface area contributed by atoms with Gasteiger partial charge in [0, 0.05) is 12.1 Å². The lowest BCUT2D eigenvalue weighted by Crippen LogP contribution is -2.45. The summed E-state index contributed by atoms with van der Waals surface area (Å²) in [5, 5.41) is 12.3. The third kappa shape index (κ3) is 6.01. The van der Waals surface area contributed by atoms with Crippen LogP contribution in [-0.4, -0.2) is 49.1 Å². The summed E-state index contributed by atoms with van der Waals surface area (Å²) in [5.41, 5.74) is 7.24. The van der Waals surface area contributed by atoms with E-state index in [9.17, 15) is 6.17 Å². The molecule has 3 N–H and O–H groups in total. The van der Waals surface area contributed by atoms with Gasteiger partial charge in [0.15, 0.2) is 14.2 Å². The largest absolute Gasteiger partial charge is 0.444 e. The number of carbonyl (C=O) groups excluding carboxylic acids is 1. The Morgan fingerprint density at radius 2 is 1.97 bits per heavy atom. The molecule has 1 aromatic carbocycles. The van der Waals surface area contributed by atoms with Gasteiger partial charge in [-0.25, -0.2) is 4.79 Å². The summed E-state index contributed by atoms with van der Waals surface area (Å²) in [4.78, 5) is 14.7. The fourth-order valence-electron chi connectivity index (χ4n) is 3.34. The van der Waals surface area contributed by atoms with Crippen LogP contribution in [0.25, 0.3) is 0 Å². The van der Waals surface area contributed by atoms with Gasteiger partial charge in [0.25, 0.3) is 0 Å². The summed E-state index contributed by atoms with van der Waals surface area (Å²) >= 11 is 0. The Bertz CT molecular complexity index is 877. The topological polar surface area (TPSA) is 97.4 Å². The van der Waals surface area contributed by atoms with E-state index in [0.29, 0.717) is 30.6 Å². The maximum Gasteiger partial charge on any atom is 0.410 e. The molecule has 2 rings (SSSR count). The van der Waals surface area contributed by atoms with Crippen molar-refractivity contribution >= 4 is 20.2 Å². The molecule has 1 aromatic rings. The molecule has 1 aliphatic carbocycles. The number of hydrogen-bond donors (Lipinski definition) is 2. The van der Waals surface area contributed by atoms with E-state index in [-0.39, 0.29) is 17.4 Å². The first-order valence-electron chi connectivity index (χ1n) is 11.3. The van der Waals surface area contributed by atoms with Gasteiger partial charge in [0.05, 0.1) is 14.0 Å². The van der Waals surface area contributed by atoms with Crippen LogP contribution in [0.3, 0.4) is 0 Å². The molecule has 0 bridgehead atoms. The zero-order chi connectivity index (χ0) is 24.5. The quantitative estimate of drug-likeness (QED) is 0.208. The van der Waals surface area contributed by atoms with Gasteiger partial charge in [-0.1, -0.05) is 44.1 Å². The molecule has 1 amide bonds. The predicted octanol–water partition coefficient (Wildman–Crippen LogP) is 5.03. The number of ether oxygens (including phenoxy) is 1. The van der Waals surface area contributed by atoms with E-state index in [1.54, 1.807) is 12.1 Å². The highest BCUT2D eigenvalue weighted by Crippen LogP contribution is 2.39. The van der Waals surface area contributed by atoms with Crippen LogP contribution in [0, 0.1) is 0 Å². The van der Waals surface area contributed by atoms with E-state index in [1.165, 1.54) is 4.90 Å². The van der Waals surface area contributed by atoms with Gasteiger partial charge in [-0.15, -0.1) is 0 Å². The monoisotopic (exact) mass is 450 g/mol. The van der Waals surface area contributed by atoms with E-state index in [2.05, 4.69) is 39.0 Å². The van der Waals surface area contributed by atoms with E-state index in [1.807, 2.05) is 26.8 Å². The van der Waals surface area contributed by atoms with Crippen LogP contribution in [0.5, 0.6) is 0 Å². The van der Waals surface area contributed by atoms with Crippen LogP contribution in [0.15, 0.2) is 23.4 Å². The number of benzene rings is 1. The number of fused-ring (bicyclic) bond motifs is 1. The van der Waals surface area contributed by atoms with E-state index < -0.39 is 26.0 Å². The first-order chi connectivity index (χ1) is 14.5. The summed E-state index contributed by atoms with van der Waals surface area (Å²) in [6.45, 7) is 16.8. The van der Waals surface area contributed by atoms with E-state index in [4.69, 9.17) is 20.1 Å². The highest BCUT2D eigenvalue weighted by molar-refractivity contribution is 6.74. The molecule has 0 unspecified atom stereocenters. The summed E-state index contributed by atoms with van der Waals surface area (Å²) in [5.74, 6) is -0.00354. The number of oxime groups is 1. The Hall–Kier alpha value is -2.06. The molecule has 0 heterocycles. The van der Waals surface area contributed by atoms with Crippen LogP contribution < -0.4 is 5.73 Å². The SMILES string of the molecule is [2H][C@]1(N(CCO[Si](C)(C)C(C)(C)C)C(=O)OC(C)(C)C)CCc2c(/C(N)=N\O)cccc21. The number of hydrogen-bond acceptors (Lipinski definition) is 5. The summed E-state index contributed by atoms with van der Waals surface area (Å²) in [7, 11) is -2.02. The zero-order valence-electron chi connectivity index (χ0n) is 21.2. The van der Waals surface area contributed by atoms with Crippen molar-refractivity contribution in [3.05, 3.63) is 34.9 Å². The fourth-order valence-corrected chi connectivity index (χ4v) is 4.38. The first-order valence-corrected chi connectivity index (χ1v) is 13.7. The van der Waals surface area contributed by atoms with Crippen molar-refractivity contribution in [3.8, 4) is 0 Å². The minimum atomic E-state index is -2.02. The van der Waals surface area contributed by atoms with Crippen molar-refractivity contribution in [3.63, 3.8) is 0 Å². The lowest BCUT2D eigenvalue weighted by atomic mass is 10.0. The van der Waals surface area contributed by atoms with Crippen molar-refractivity contribution < 1.29 is 20.5 Å². The molecule has 0 saturated heterocycles. The maximum atomic E-state index is 13.2. The molecule has 1 aliphatic rings. The Kier molecular flexibility index (Phi) is 7.00. The third-order valence-electron chi connectivity index (χ3n) is 6.01. The molecule has 0 aromatic heterocycles. The summed E-state index contributed by atoms with van der Waals surface area (Å²) in [6, 6.07) is 4.02. The highest BCUT2D eigenvalue weighted by atomic mass is 28.4. The zero-order valence-corrected chi connectivity index (χ0v) is 21.2. The molecular formula is C23H39N3O4Si. The average molecular weight is 451 g/mol. The number of carbonyl (C=O) groups is 1. The Balaban J connectivity index is 2.40. The van der Waals surface area contributed by atoms with Crippen LogP contribution in [-0.2, 0) is 15.6 Å². The molecule has 0 spiro atoms. The lowest BCUT2D eigenvalue weighted by molar-refractivity contribution is 0.0125. The smallest absolute Gasteiger partial charge is 0.410 e. The van der Waals surface area contributed by atoms with Crippen LogP contribution in [0.2, 0.25) is 18.1 Å². The summed E-state index contributed by atoms with van der Waals surface area (Å²) < 4.78 is 21.3. The highest BCUT2D eigenvalue weighted by Gasteiger charge is 2.39. The molecule has 7 nitrogen and oxygen atoms in total. The van der Waals surface area contributed by atoms with Crippen molar-refractivity contribution in [1.29, 1.82) is 0 Å². The fraction of sp³-hybridized carbons (Fsp3) is 0.652. The molecule has 0 fully saturated rings. The Morgan fingerprint density at radius 1 is 1.32 bits per heavy atom. The van der Waals surface area contributed by atoms with Crippen LogP contribution in [0.4, 0.5) is 4.79 Å². The molecule has 8 heteroatoms. The normalized spacial score (nSPS) is 20.3. The van der Waals surface area contributed by atoms with Gasteiger partial charge >= 0.3 is 6.09 Å². The molecule has 174 valence electrons. The number of rotatable bonds is 6. The molecule has 1 atom stereocenters. The van der Waals surface area contributed by atoms with Gasteiger partial charge in [0.2, 0.25) is 0 Å². The second-order valence-corrected chi connectivity index (χ2v) is 15.3. The number of nitrogens with zero attached hydrogens (tertiary/aromatic N) is 2. The molecular weight excluding hydrogens is 410 g/mol. The molecule has 0 radical (unpaired) electrons. The van der Waals surface area contributed by atoms with Crippen molar-refractivity contribution in [2.45, 2.75) is 84.1 Å². The lowest BCUT2D eigenvalue weighted by Gasteiger charge is -2.38. The van der Waals surface area contributed by atoms with Gasteiger partial charge in [-0.05, 0) is 62.9 Å². The Morgan fingerprint density at radius 3 is 2.52 bits per heavy atom. The number of amides is 1. The minimum Gasteiger partial charge on any atom is -0.444 e. The van der Waals surface area contributed by atoms with E-state index >= 15 is 0 Å². The minimum absolute atomic E-state index is 0.00354. The number of nitrogens with two attached hydrogens (primary N) is 1. The second kappa shape index (κ2) is 9.20. The van der Waals surface area contributed by atoms with Crippen LogP contribution in [0.1, 0.15) is 72.0 Å². The average Bonchev–Trinajstić information content (AvgIpc) is 3.00. The second-order valence-electron chi connectivity index (χ2n) is 10.5.